The fourth-order valence-electron chi connectivity index (χ4n) is 3.38. The van der Waals surface area contributed by atoms with Gasteiger partial charge < -0.3 is 24.3 Å². The van der Waals surface area contributed by atoms with Gasteiger partial charge in [-0.25, -0.2) is 4.99 Å². The number of nitrogens with one attached hydrogen (secondary N) is 1. The van der Waals surface area contributed by atoms with Crippen LogP contribution in [-0.4, -0.2) is 60.0 Å². The third-order valence-electron chi connectivity index (χ3n) is 4.94. The van der Waals surface area contributed by atoms with Gasteiger partial charge in [-0.3, -0.25) is 0 Å². The standard InChI is InChI=1S/C20H30N6O2.HI/c1-5-21-20(22-14-19-24-23-18-7-6-11-26(18)19)25(2)12-10-15-8-9-16(27-3)17(13-15)28-4;/h8-9,13H,5-7,10-12,14H2,1-4H3,(H,21,22);1H. The molecule has 9 heteroatoms. The first-order chi connectivity index (χ1) is 13.7. The highest BCUT2D eigenvalue weighted by atomic mass is 127. The van der Waals surface area contributed by atoms with Crippen LogP contribution in [0.5, 0.6) is 11.5 Å². The number of fused-ring (bicyclic) bond motifs is 1. The summed E-state index contributed by atoms with van der Waals surface area (Å²) < 4.78 is 12.9. The van der Waals surface area contributed by atoms with Crippen LogP contribution in [0.4, 0.5) is 0 Å². The molecule has 0 bridgehead atoms. The minimum atomic E-state index is 0. The highest BCUT2D eigenvalue weighted by Crippen LogP contribution is 2.27. The molecule has 0 amide bonds. The molecule has 0 spiro atoms. The van der Waals surface area contributed by atoms with Crippen molar-refractivity contribution in [1.82, 2.24) is 25.0 Å². The Bertz CT molecular complexity index is 823. The van der Waals surface area contributed by atoms with Gasteiger partial charge in [-0.05, 0) is 37.5 Å². The second kappa shape index (κ2) is 11.2. The third-order valence-corrected chi connectivity index (χ3v) is 4.94. The monoisotopic (exact) mass is 514 g/mol. The number of benzene rings is 1. The summed E-state index contributed by atoms with van der Waals surface area (Å²) in [5, 5.41) is 11.9. The van der Waals surface area contributed by atoms with Gasteiger partial charge in [0.1, 0.15) is 12.4 Å². The number of guanidine groups is 1. The van der Waals surface area contributed by atoms with Gasteiger partial charge in [-0.2, -0.15) is 0 Å². The summed E-state index contributed by atoms with van der Waals surface area (Å²) in [6.45, 7) is 5.26. The molecule has 2 aromatic rings. The van der Waals surface area contributed by atoms with Crippen LogP contribution >= 0.6 is 24.0 Å². The summed E-state index contributed by atoms with van der Waals surface area (Å²) in [5.41, 5.74) is 1.19. The zero-order valence-corrected chi connectivity index (χ0v) is 20.0. The first-order valence-corrected chi connectivity index (χ1v) is 9.77. The molecule has 1 aromatic heterocycles. The zero-order chi connectivity index (χ0) is 19.9. The number of likely N-dealkylation sites (N-methyl/N-ethyl adjacent to an activating group) is 1. The summed E-state index contributed by atoms with van der Waals surface area (Å²) in [7, 11) is 5.36. The zero-order valence-electron chi connectivity index (χ0n) is 17.6. The van der Waals surface area contributed by atoms with Crippen molar-refractivity contribution < 1.29 is 9.47 Å². The quantitative estimate of drug-likeness (QED) is 0.332. The molecular formula is C20H31IN6O2. The van der Waals surface area contributed by atoms with E-state index in [2.05, 4.69) is 45.0 Å². The number of rotatable bonds is 8. The number of nitrogens with zero attached hydrogens (tertiary/aromatic N) is 5. The Hall–Kier alpha value is -2.04. The number of methoxy groups -OCH3 is 2. The average Bonchev–Trinajstić information content (AvgIpc) is 3.33. The molecule has 0 saturated carbocycles. The Labute approximate surface area is 189 Å². The number of halogens is 1. The first-order valence-electron chi connectivity index (χ1n) is 9.77. The smallest absolute Gasteiger partial charge is 0.194 e. The van der Waals surface area contributed by atoms with Gasteiger partial charge in [-0.15, -0.1) is 34.2 Å². The van der Waals surface area contributed by atoms with Crippen molar-refractivity contribution in [3.63, 3.8) is 0 Å². The van der Waals surface area contributed by atoms with Crippen molar-refractivity contribution >= 4 is 29.9 Å². The number of hydrogen-bond acceptors (Lipinski definition) is 5. The van der Waals surface area contributed by atoms with Crippen LogP contribution in [-0.2, 0) is 25.9 Å². The molecule has 0 radical (unpaired) electrons. The number of ether oxygens (including phenoxy) is 2. The van der Waals surface area contributed by atoms with E-state index in [4.69, 9.17) is 14.5 Å². The van der Waals surface area contributed by atoms with E-state index in [0.29, 0.717) is 6.54 Å². The molecule has 0 unspecified atom stereocenters. The number of aryl methyl sites for hydroxylation is 1. The molecule has 160 valence electrons. The van der Waals surface area contributed by atoms with Gasteiger partial charge in [-0.1, -0.05) is 6.07 Å². The number of aliphatic imine (C=N–C) groups is 1. The fourth-order valence-corrected chi connectivity index (χ4v) is 3.38. The maximum atomic E-state index is 5.40. The van der Waals surface area contributed by atoms with Crippen molar-refractivity contribution in [1.29, 1.82) is 0 Å². The lowest BCUT2D eigenvalue weighted by Crippen LogP contribution is -2.40. The second-order valence-corrected chi connectivity index (χ2v) is 6.82. The molecule has 1 aliphatic rings. The highest BCUT2D eigenvalue weighted by Gasteiger charge is 2.17. The predicted octanol–water partition coefficient (Wildman–Crippen LogP) is 2.50. The van der Waals surface area contributed by atoms with Crippen molar-refractivity contribution in [3.05, 3.63) is 35.4 Å². The molecule has 1 aliphatic heterocycles. The minimum absolute atomic E-state index is 0. The molecule has 3 rings (SSSR count). The van der Waals surface area contributed by atoms with Crippen molar-refractivity contribution in [2.45, 2.75) is 39.3 Å². The first kappa shape index (κ1) is 23.2. The van der Waals surface area contributed by atoms with Crippen LogP contribution in [0.2, 0.25) is 0 Å². The van der Waals surface area contributed by atoms with E-state index in [-0.39, 0.29) is 24.0 Å². The van der Waals surface area contributed by atoms with E-state index in [0.717, 1.165) is 68.0 Å². The lowest BCUT2D eigenvalue weighted by atomic mass is 10.1. The molecule has 1 N–H and O–H groups in total. The summed E-state index contributed by atoms with van der Waals surface area (Å²) in [6, 6.07) is 6.04. The van der Waals surface area contributed by atoms with Gasteiger partial charge >= 0.3 is 0 Å². The summed E-state index contributed by atoms with van der Waals surface area (Å²) >= 11 is 0. The van der Waals surface area contributed by atoms with Crippen molar-refractivity contribution in [2.75, 3.05) is 34.4 Å². The topological polar surface area (TPSA) is 76.8 Å². The SMILES string of the molecule is CCNC(=NCc1nnc2n1CCC2)N(C)CCc1ccc(OC)c(OC)c1.I. The van der Waals surface area contributed by atoms with Crippen LogP contribution in [0.25, 0.3) is 0 Å². The van der Waals surface area contributed by atoms with Crippen molar-refractivity contribution in [2.24, 2.45) is 4.99 Å². The van der Waals surface area contributed by atoms with Gasteiger partial charge in [0.25, 0.3) is 0 Å². The Morgan fingerprint density at radius 2 is 2.03 bits per heavy atom. The number of aromatic nitrogens is 3. The Balaban J connectivity index is 0.00000300. The third kappa shape index (κ3) is 5.74. The molecule has 1 aromatic carbocycles. The lowest BCUT2D eigenvalue weighted by molar-refractivity contribution is 0.354. The van der Waals surface area contributed by atoms with E-state index in [9.17, 15) is 0 Å². The molecule has 0 saturated heterocycles. The molecule has 0 fully saturated rings. The fraction of sp³-hybridized carbons (Fsp3) is 0.550. The van der Waals surface area contributed by atoms with Crippen LogP contribution in [0.15, 0.2) is 23.2 Å². The van der Waals surface area contributed by atoms with Crippen LogP contribution in [0, 0.1) is 0 Å². The highest BCUT2D eigenvalue weighted by molar-refractivity contribution is 14.0. The predicted molar refractivity (Wildman–Crippen MR) is 124 cm³/mol. The lowest BCUT2D eigenvalue weighted by Gasteiger charge is -2.22. The Morgan fingerprint density at radius 1 is 1.24 bits per heavy atom. The number of hydrogen-bond donors (Lipinski definition) is 1. The van der Waals surface area contributed by atoms with E-state index >= 15 is 0 Å². The summed E-state index contributed by atoms with van der Waals surface area (Å²) in [5.74, 6) is 4.39. The van der Waals surface area contributed by atoms with E-state index in [1.54, 1.807) is 14.2 Å². The molecule has 2 heterocycles. The molecule has 0 atom stereocenters. The second-order valence-electron chi connectivity index (χ2n) is 6.82. The normalized spacial score (nSPS) is 12.9. The Kier molecular flexibility index (Phi) is 8.99. The maximum absolute atomic E-state index is 5.40. The molecule has 0 aliphatic carbocycles. The molecular weight excluding hydrogens is 483 g/mol. The molecule has 8 nitrogen and oxygen atoms in total. The maximum Gasteiger partial charge on any atom is 0.194 e. The summed E-state index contributed by atoms with van der Waals surface area (Å²) in [6.07, 6.45) is 3.04. The van der Waals surface area contributed by atoms with E-state index in [1.807, 2.05) is 12.1 Å². The van der Waals surface area contributed by atoms with Crippen LogP contribution in [0.3, 0.4) is 0 Å². The largest absolute Gasteiger partial charge is 0.493 e. The average molecular weight is 514 g/mol. The summed E-state index contributed by atoms with van der Waals surface area (Å²) in [4.78, 5) is 6.91. The van der Waals surface area contributed by atoms with Gasteiger partial charge in [0, 0.05) is 33.1 Å². The van der Waals surface area contributed by atoms with Crippen molar-refractivity contribution in [3.8, 4) is 11.5 Å². The van der Waals surface area contributed by atoms with Gasteiger partial charge in [0.05, 0.1) is 14.2 Å². The van der Waals surface area contributed by atoms with Gasteiger partial charge in [0.2, 0.25) is 0 Å². The minimum Gasteiger partial charge on any atom is -0.493 e. The Morgan fingerprint density at radius 3 is 2.76 bits per heavy atom. The van der Waals surface area contributed by atoms with Gasteiger partial charge in [0.15, 0.2) is 23.3 Å². The van der Waals surface area contributed by atoms with Crippen LogP contribution in [0.1, 0.15) is 30.6 Å². The van der Waals surface area contributed by atoms with E-state index < -0.39 is 0 Å². The molecule has 29 heavy (non-hydrogen) atoms. The van der Waals surface area contributed by atoms with E-state index in [1.165, 1.54) is 5.56 Å². The van der Waals surface area contributed by atoms with Crippen LogP contribution < -0.4 is 14.8 Å².